The summed E-state index contributed by atoms with van der Waals surface area (Å²) in [5.74, 6) is -0.525. The largest absolute Gasteiger partial charge is 0.351 e. The van der Waals surface area contributed by atoms with E-state index in [1.54, 1.807) is 0 Å². The lowest BCUT2D eigenvalue weighted by Gasteiger charge is -2.10. The van der Waals surface area contributed by atoms with Crippen LogP contribution in [0.15, 0.2) is 28.8 Å². The molecule has 0 amide bonds. The van der Waals surface area contributed by atoms with Gasteiger partial charge in [-0.05, 0) is 44.1 Å². The van der Waals surface area contributed by atoms with E-state index in [1.807, 2.05) is 32.9 Å². The third-order valence-corrected chi connectivity index (χ3v) is 3.46. The smallest absolute Gasteiger partial charge is 0.224 e. The fourth-order valence-electron chi connectivity index (χ4n) is 2.72. The first-order valence-electron chi connectivity index (χ1n) is 6.33. The number of hydrogen-bond acceptors (Lipinski definition) is 4. The van der Waals surface area contributed by atoms with Gasteiger partial charge in [0.1, 0.15) is 11.3 Å². The molecule has 1 aromatic heterocycles. The van der Waals surface area contributed by atoms with Crippen LogP contribution in [0.25, 0.3) is 11.3 Å². The first-order valence-corrected chi connectivity index (χ1v) is 6.33. The maximum Gasteiger partial charge on any atom is 0.224 e. The van der Waals surface area contributed by atoms with E-state index in [4.69, 9.17) is 4.52 Å². The van der Waals surface area contributed by atoms with E-state index in [2.05, 4.69) is 5.16 Å². The highest BCUT2D eigenvalue weighted by molar-refractivity contribution is 6.23. The third-order valence-electron chi connectivity index (χ3n) is 3.46. The van der Waals surface area contributed by atoms with Crippen LogP contribution in [0.1, 0.15) is 37.6 Å². The van der Waals surface area contributed by atoms with Crippen LogP contribution < -0.4 is 0 Å². The van der Waals surface area contributed by atoms with E-state index in [0.717, 1.165) is 22.3 Å². The summed E-state index contributed by atoms with van der Waals surface area (Å²) in [5.41, 5.74) is 4.74. The Hall–Kier alpha value is -2.49. The Morgan fingerprint density at radius 3 is 2.15 bits per heavy atom. The van der Waals surface area contributed by atoms with Gasteiger partial charge in [-0.3, -0.25) is 9.59 Å². The van der Waals surface area contributed by atoms with Gasteiger partial charge in [0, 0.05) is 5.56 Å². The Morgan fingerprint density at radius 2 is 1.50 bits per heavy atom. The highest BCUT2D eigenvalue weighted by atomic mass is 16.5. The van der Waals surface area contributed by atoms with Crippen molar-refractivity contribution < 1.29 is 14.1 Å². The van der Waals surface area contributed by atoms with Crippen molar-refractivity contribution in [1.82, 2.24) is 5.16 Å². The summed E-state index contributed by atoms with van der Waals surface area (Å²) in [6.45, 7) is 5.93. The third kappa shape index (κ3) is 1.72. The van der Waals surface area contributed by atoms with Crippen LogP contribution in [0, 0.1) is 20.8 Å². The maximum atomic E-state index is 12.0. The van der Waals surface area contributed by atoms with Gasteiger partial charge in [0.15, 0.2) is 5.78 Å². The van der Waals surface area contributed by atoms with Gasteiger partial charge in [-0.25, -0.2) is 0 Å². The molecule has 0 aliphatic heterocycles. The van der Waals surface area contributed by atoms with Gasteiger partial charge >= 0.3 is 0 Å². The number of nitrogens with zero attached hydrogens (tertiary/aromatic N) is 1. The van der Waals surface area contributed by atoms with Crippen molar-refractivity contribution in [2.24, 2.45) is 0 Å². The molecule has 0 spiro atoms. The lowest BCUT2D eigenvalue weighted by Crippen LogP contribution is -2.10. The normalized spacial score (nSPS) is 13.8. The van der Waals surface area contributed by atoms with Crippen molar-refractivity contribution in [3.8, 4) is 11.3 Å². The minimum Gasteiger partial charge on any atom is -0.351 e. The number of hydrogen-bond donors (Lipinski definition) is 0. The Labute approximate surface area is 116 Å². The second kappa shape index (κ2) is 4.27. The molecule has 1 aromatic carbocycles. The van der Waals surface area contributed by atoms with Crippen LogP contribution >= 0.6 is 0 Å². The molecule has 0 unspecified atom stereocenters. The number of carbonyl (C=O) groups is 2. The van der Waals surface area contributed by atoms with Crippen LogP contribution in [0.3, 0.4) is 0 Å². The number of aryl methyl sites for hydroxylation is 3. The number of rotatable bonds is 1. The summed E-state index contributed by atoms with van der Waals surface area (Å²) in [7, 11) is 0. The molecule has 0 N–H and O–H groups in total. The highest BCUT2D eigenvalue weighted by Crippen LogP contribution is 2.33. The lowest BCUT2D eigenvalue weighted by atomic mass is 9.91. The van der Waals surface area contributed by atoms with E-state index < -0.39 is 0 Å². The minimum atomic E-state index is -0.319. The zero-order valence-electron chi connectivity index (χ0n) is 11.5. The number of carbonyl (C=O) groups excluding carboxylic acids is 2. The van der Waals surface area contributed by atoms with Gasteiger partial charge < -0.3 is 4.52 Å². The molecular formula is C16H13NO3. The number of allylic oxidation sites excluding steroid dienone is 2. The van der Waals surface area contributed by atoms with Crippen LogP contribution in [-0.2, 0) is 0 Å². The van der Waals surface area contributed by atoms with Gasteiger partial charge in [0.2, 0.25) is 11.5 Å². The summed E-state index contributed by atoms with van der Waals surface area (Å²) < 4.78 is 5.09. The fraction of sp³-hybridized carbons (Fsp3) is 0.188. The van der Waals surface area contributed by atoms with Gasteiger partial charge in [-0.2, -0.15) is 0 Å². The van der Waals surface area contributed by atoms with Crippen LogP contribution in [0.2, 0.25) is 0 Å². The molecule has 1 heterocycles. The average molecular weight is 267 g/mol. The van der Waals surface area contributed by atoms with Gasteiger partial charge in [0.25, 0.3) is 0 Å². The second-order valence-electron chi connectivity index (χ2n) is 5.07. The van der Waals surface area contributed by atoms with E-state index in [-0.39, 0.29) is 22.9 Å². The molecule has 0 bridgehead atoms. The lowest BCUT2D eigenvalue weighted by molar-refractivity contribution is 0.0970. The number of fused-ring (bicyclic) bond motifs is 1. The zero-order valence-corrected chi connectivity index (χ0v) is 11.5. The van der Waals surface area contributed by atoms with Crippen molar-refractivity contribution in [1.29, 1.82) is 0 Å². The van der Waals surface area contributed by atoms with Gasteiger partial charge in [0.05, 0.1) is 0 Å². The summed E-state index contributed by atoms with van der Waals surface area (Å²) in [6, 6.07) is 4.04. The van der Waals surface area contributed by atoms with Gasteiger partial charge in [-0.1, -0.05) is 22.9 Å². The van der Waals surface area contributed by atoms with Crippen molar-refractivity contribution in [3.63, 3.8) is 0 Å². The molecule has 4 nitrogen and oxygen atoms in total. The summed E-state index contributed by atoms with van der Waals surface area (Å²) in [6.07, 6.45) is 2.48. The van der Waals surface area contributed by atoms with Crippen molar-refractivity contribution in [2.75, 3.05) is 0 Å². The predicted molar refractivity (Wildman–Crippen MR) is 74.0 cm³/mol. The molecule has 2 aromatic rings. The topological polar surface area (TPSA) is 60.2 Å². The SMILES string of the molecule is Cc1cc(C)c(-c2noc3c2C(=O)C=CC3=O)c(C)c1. The minimum absolute atomic E-state index is 0.0341. The van der Waals surface area contributed by atoms with Crippen molar-refractivity contribution in [3.05, 3.63) is 52.3 Å². The first-order chi connectivity index (χ1) is 9.49. The van der Waals surface area contributed by atoms with E-state index in [0.29, 0.717) is 5.69 Å². The monoisotopic (exact) mass is 267 g/mol. The molecule has 3 rings (SSSR count). The Bertz CT molecular complexity index is 758. The summed E-state index contributed by atoms with van der Waals surface area (Å²) in [5, 5.41) is 3.96. The van der Waals surface area contributed by atoms with Crippen LogP contribution in [0.4, 0.5) is 0 Å². The van der Waals surface area contributed by atoms with E-state index in [1.165, 1.54) is 12.2 Å². The molecule has 0 fully saturated rings. The quantitative estimate of drug-likeness (QED) is 0.796. The average Bonchev–Trinajstić information content (AvgIpc) is 2.78. The number of aromatic nitrogens is 1. The molecule has 0 radical (unpaired) electrons. The summed E-state index contributed by atoms with van der Waals surface area (Å²) in [4.78, 5) is 23.8. The zero-order chi connectivity index (χ0) is 14.4. The number of ketones is 2. The highest BCUT2D eigenvalue weighted by Gasteiger charge is 2.30. The maximum absolute atomic E-state index is 12.0. The van der Waals surface area contributed by atoms with Crippen LogP contribution in [-0.4, -0.2) is 16.7 Å². The van der Waals surface area contributed by atoms with E-state index >= 15 is 0 Å². The standard InChI is InChI=1S/C16H13NO3/c1-8-6-9(2)13(10(3)7-8)15-14-11(18)4-5-12(19)16(14)20-17-15/h4-7H,1-3H3. The molecule has 1 aliphatic carbocycles. The first kappa shape index (κ1) is 12.5. The number of benzene rings is 1. The Kier molecular flexibility index (Phi) is 2.67. The van der Waals surface area contributed by atoms with Gasteiger partial charge in [-0.15, -0.1) is 0 Å². The molecule has 0 saturated heterocycles. The Balaban J connectivity index is 2.29. The molecular weight excluding hydrogens is 254 g/mol. The second-order valence-corrected chi connectivity index (χ2v) is 5.07. The summed E-state index contributed by atoms with van der Waals surface area (Å²) >= 11 is 0. The fourth-order valence-corrected chi connectivity index (χ4v) is 2.72. The van der Waals surface area contributed by atoms with Crippen molar-refractivity contribution >= 4 is 11.6 Å². The Morgan fingerprint density at radius 1 is 0.900 bits per heavy atom. The van der Waals surface area contributed by atoms with Crippen LogP contribution in [0.5, 0.6) is 0 Å². The predicted octanol–water partition coefficient (Wildman–Crippen LogP) is 3.20. The van der Waals surface area contributed by atoms with Crippen molar-refractivity contribution in [2.45, 2.75) is 20.8 Å². The molecule has 0 saturated carbocycles. The van der Waals surface area contributed by atoms with E-state index in [9.17, 15) is 9.59 Å². The molecule has 4 heteroatoms. The molecule has 1 aliphatic rings. The molecule has 100 valence electrons. The molecule has 20 heavy (non-hydrogen) atoms. The molecule has 0 atom stereocenters.